The van der Waals surface area contributed by atoms with E-state index in [0.29, 0.717) is 31.0 Å². The van der Waals surface area contributed by atoms with Gasteiger partial charge in [-0.3, -0.25) is 4.79 Å². The topological polar surface area (TPSA) is 69.9 Å². The molecule has 0 radical (unpaired) electrons. The Morgan fingerprint density at radius 3 is 3.00 bits per heavy atom. The summed E-state index contributed by atoms with van der Waals surface area (Å²) < 4.78 is 20.4. The van der Waals surface area contributed by atoms with E-state index in [9.17, 15) is 9.18 Å². The number of nitrogens with zero attached hydrogens (tertiary/aromatic N) is 4. The van der Waals surface area contributed by atoms with Crippen LogP contribution in [0.25, 0.3) is 0 Å². The second kappa shape index (κ2) is 6.85. The Bertz CT molecular complexity index is 701. The molecule has 1 aliphatic rings. The number of aryl methyl sites for hydroxylation is 1. The van der Waals surface area contributed by atoms with Gasteiger partial charge in [0.15, 0.2) is 17.4 Å². The summed E-state index contributed by atoms with van der Waals surface area (Å²) in [6, 6.07) is 4.82. The van der Waals surface area contributed by atoms with Crippen LogP contribution >= 0.6 is 0 Å². The lowest BCUT2D eigenvalue weighted by molar-refractivity contribution is -0.120. The largest absolute Gasteiger partial charge is 0.494 e. The third-order valence-electron chi connectivity index (χ3n) is 4.30. The first-order valence-corrected chi connectivity index (χ1v) is 7.77. The fourth-order valence-corrected chi connectivity index (χ4v) is 3.00. The van der Waals surface area contributed by atoms with E-state index in [4.69, 9.17) is 4.74 Å². The first-order chi connectivity index (χ1) is 11.2. The number of carbonyl (C=O) groups is 1. The fourth-order valence-electron chi connectivity index (χ4n) is 3.00. The van der Waals surface area contributed by atoms with Gasteiger partial charge in [0.1, 0.15) is 5.78 Å². The van der Waals surface area contributed by atoms with E-state index in [0.717, 1.165) is 24.8 Å². The Kier molecular flexibility index (Phi) is 4.64. The summed E-state index contributed by atoms with van der Waals surface area (Å²) in [5, 5.41) is 11.7. The smallest absolute Gasteiger partial charge is 0.165 e. The minimum Gasteiger partial charge on any atom is -0.494 e. The first kappa shape index (κ1) is 15.6. The van der Waals surface area contributed by atoms with Crippen molar-refractivity contribution >= 4 is 5.78 Å². The van der Waals surface area contributed by atoms with Gasteiger partial charge >= 0.3 is 0 Å². The van der Waals surface area contributed by atoms with Crippen LogP contribution in [-0.4, -0.2) is 33.1 Å². The van der Waals surface area contributed by atoms with Crippen LogP contribution in [0.2, 0.25) is 0 Å². The van der Waals surface area contributed by atoms with Gasteiger partial charge in [-0.1, -0.05) is 6.07 Å². The monoisotopic (exact) mass is 318 g/mol. The molecule has 1 aliphatic carbocycles. The number of ketones is 1. The van der Waals surface area contributed by atoms with Crippen molar-refractivity contribution in [1.82, 2.24) is 20.2 Å². The predicted octanol–water partition coefficient (Wildman–Crippen LogP) is 2.17. The van der Waals surface area contributed by atoms with E-state index < -0.39 is 5.82 Å². The van der Waals surface area contributed by atoms with Gasteiger partial charge in [0.2, 0.25) is 0 Å². The number of hydrogen-bond acceptors (Lipinski definition) is 5. The number of rotatable bonds is 6. The molecule has 0 spiro atoms. The number of ether oxygens (including phenoxy) is 1. The van der Waals surface area contributed by atoms with E-state index >= 15 is 0 Å². The highest BCUT2D eigenvalue weighted by atomic mass is 19.1. The second-order valence-electron chi connectivity index (χ2n) is 5.81. The third kappa shape index (κ3) is 3.55. The Balaban J connectivity index is 1.66. The molecule has 2 aromatic rings. The average Bonchev–Trinajstić information content (AvgIpc) is 3.14. The summed E-state index contributed by atoms with van der Waals surface area (Å²) >= 11 is 0. The number of carbonyl (C=O) groups excluding carboxylic acids is 1. The minimum atomic E-state index is -0.402. The molecular weight excluding hydrogens is 299 g/mol. The fraction of sp³-hybridized carbons (Fsp3) is 0.500. The number of benzene rings is 1. The Hall–Kier alpha value is -2.31. The summed E-state index contributed by atoms with van der Waals surface area (Å²) in [6.07, 6.45) is 3.83. The Morgan fingerprint density at radius 2 is 2.30 bits per heavy atom. The maximum absolute atomic E-state index is 13.8. The molecule has 122 valence electrons. The molecule has 1 saturated carbocycles. The molecule has 0 aliphatic heterocycles. The lowest BCUT2D eigenvalue weighted by atomic mass is 10.0. The molecule has 0 amide bonds. The summed E-state index contributed by atoms with van der Waals surface area (Å²) in [7, 11) is 1.43. The molecule has 0 bridgehead atoms. The van der Waals surface area contributed by atoms with Crippen molar-refractivity contribution in [1.29, 1.82) is 0 Å². The molecule has 1 heterocycles. The summed E-state index contributed by atoms with van der Waals surface area (Å²) in [5.41, 5.74) is 0.774. The molecular formula is C16H19FN4O2. The molecule has 3 rings (SSSR count). The Morgan fingerprint density at radius 1 is 1.43 bits per heavy atom. The molecule has 1 aromatic carbocycles. The standard InChI is InChI=1S/C16H19FN4O2/c1-23-15-6-5-11(9-13(15)17)10-16-18-19-20-21(16)8-7-12-3-2-4-14(12)22/h5-6,9,12H,2-4,7-8,10H2,1H3/t12-/m1/s1. The van der Waals surface area contributed by atoms with Crippen molar-refractivity contribution in [2.75, 3.05) is 7.11 Å². The van der Waals surface area contributed by atoms with Crippen LogP contribution in [0.1, 0.15) is 37.1 Å². The van der Waals surface area contributed by atoms with Gasteiger partial charge in [-0.05, 0) is 47.4 Å². The first-order valence-electron chi connectivity index (χ1n) is 7.77. The average molecular weight is 318 g/mol. The van der Waals surface area contributed by atoms with Crippen molar-refractivity contribution in [3.05, 3.63) is 35.4 Å². The number of halogens is 1. The van der Waals surface area contributed by atoms with Gasteiger partial charge < -0.3 is 4.74 Å². The van der Waals surface area contributed by atoms with Gasteiger partial charge in [-0.15, -0.1) is 5.10 Å². The van der Waals surface area contributed by atoms with Crippen LogP contribution in [0.4, 0.5) is 4.39 Å². The van der Waals surface area contributed by atoms with Crippen LogP contribution in [0, 0.1) is 11.7 Å². The van der Waals surface area contributed by atoms with Crippen molar-refractivity contribution in [2.24, 2.45) is 5.92 Å². The van der Waals surface area contributed by atoms with E-state index in [2.05, 4.69) is 15.5 Å². The minimum absolute atomic E-state index is 0.130. The predicted molar refractivity (Wildman–Crippen MR) is 80.5 cm³/mol. The number of tetrazole rings is 1. The van der Waals surface area contributed by atoms with Gasteiger partial charge in [0.05, 0.1) is 7.11 Å². The summed E-state index contributed by atoms with van der Waals surface area (Å²) in [5.74, 6) is 0.955. The zero-order valence-electron chi connectivity index (χ0n) is 13.0. The van der Waals surface area contributed by atoms with E-state index in [1.165, 1.54) is 13.2 Å². The van der Waals surface area contributed by atoms with Gasteiger partial charge in [-0.2, -0.15) is 0 Å². The molecule has 6 nitrogen and oxygen atoms in total. The quantitative estimate of drug-likeness (QED) is 0.816. The number of aromatic nitrogens is 4. The van der Waals surface area contributed by atoms with Crippen molar-refractivity contribution < 1.29 is 13.9 Å². The van der Waals surface area contributed by atoms with Gasteiger partial charge in [-0.25, -0.2) is 9.07 Å². The lowest BCUT2D eigenvalue weighted by Gasteiger charge is -2.09. The summed E-state index contributed by atoms with van der Waals surface area (Å²) in [4.78, 5) is 11.7. The molecule has 0 N–H and O–H groups in total. The zero-order chi connectivity index (χ0) is 16.2. The Labute approximate surface area is 133 Å². The number of Topliss-reactive ketones (excluding diaryl/α,β-unsaturated/α-hetero) is 1. The molecule has 1 fully saturated rings. The number of hydrogen-bond donors (Lipinski definition) is 0. The van der Waals surface area contributed by atoms with Crippen LogP contribution in [0.3, 0.4) is 0 Å². The van der Waals surface area contributed by atoms with E-state index in [1.54, 1.807) is 16.8 Å². The van der Waals surface area contributed by atoms with Crippen LogP contribution < -0.4 is 4.74 Å². The van der Waals surface area contributed by atoms with Gasteiger partial charge in [0.25, 0.3) is 0 Å². The van der Waals surface area contributed by atoms with Crippen LogP contribution in [-0.2, 0) is 17.8 Å². The number of methoxy groups -OCH3 is 1. The molecule has 23 heavy (non-hydrogen) atoms. The summed E-state index contributed by atoms with van der Waals surface area (Å²) in [6.45, 7) is 0.609. The lowest BCUT2D eigenvalue weighted by Crippen LogP contribution is -2.13. The van der Waals surface area contributed by atoms with Gasteiger partial charge in [0, 0.05) is 25.3 Å². The zero-order valence-corrected chi connectivity index (χ0v) is 13.0. The SMILES string of the molecule is COc1ccc(Cc2nnnn2CC[C@H]2CCCC2=O)cc1F. The highest BCUT2D eigenvalue weighted by Gasteiger charge is 2.24. The van der Waals surface area contributed by atoms with Crippen molar-refractivity contribution in [2.45, 2.75) is 38.6 Å². The maximum atomic E-state index is 13.8. The van der Waals surface area contributed by atoms with Crippen molar-refractivity contribution in [3.63, 3.8) is 0 Å². The normalized spacial score (nSPS) is 17.7. The maximum Gasteiger partial charge on any atom is 0.165 e. The third-order valence-corrected chi connectivity index (χ3v) is 4.30. The highest BCUT2D eigenvalue weighted by Crippen LogP contribution is 2.25. The highest BCUT2D eigenvalue weighted by molar-refractivity contribution is 5.82. The molecule has 0 unspecified atom stereocenters. The molecule has 1 atom stereocenters. The van der Waals surface area contributed by atoms with Crippen molar-refractivity contribution in [3.8, 4) is 5.75 Å². The van der Waals surface area contributed by atoms with Crippen LogP contribution in [0.15, 0.2) is 18.2 Å². The molecule has 1 aromatic heterocycles. The second-order valence-corrected chi connectivity index (χ2v) is 5.81. The molecule has 7 heteroatoms. The van der Waals surface area contributed by atoms with E-state index in [-0.39, 0.29) is 11.7 Å². The van der Waals surface area contributed by atoms with Crippen LogP contribution in [0.5, 0.6) is 5.75 Å². The van der Waals surface area contributed by atoms with E-state index in [1.807, 2.05) is 0 Å². The molecule has 0 saturated heterocycles.